The van der Waals surface area contributed by atoms with Crippen LogP contribution in [-0.4, -0.2) is 54.8 Å². The van der Waals surface area contributed by atoms with Gasteiger partial charge in [-0.05, 0) is 61.1 Å². The number of aromatic amines is 1. The number of rotatable bonds is 11. The zero-order chi connectivity index (χ0) is 24.8. The third-order valence-corrected chi connectivity index (χ3v) is 6.33. The van der Waals surface area contributed by atoms with Gasteiger partial charge < -0.3 is 31.2 Å². The van der Waals surface area contributed by atoms with Gasteiger partial charge >= 0.3 is 0 Å². The fourth-order valence-corrected chi connectivity index (χ4v) is 4.61. The van der Waals surface area contributed by atoms with Crippen LogP contribution < -0.4 is 16.8 Å². The van der Waals surface area contributed by atoms with Gasteiger partial charge in [-0.2, -0.15) is 0 Å². The summed E-state index contributed by atoms with van der Waals surface area (Å²) in [5.41, 5.74) is 15.1. The van der Waals surface area contributed by atoms with Crippen LogP contribution in [-0.2, 0) is 22.3 Å². The van der Waals surface area contributed by atoms with E-state index < -0.39 is 5.91 Å². The molecule has 2 amide bonds. The molecule has 0 aliphatic heterocycles. The van der Waals surface area contributed by atoms with Crippen molar-refractivity contribution in [1.82, 2.24) is 15.3 Å². The maximum atomic E-state index is 13.3. The molecule has 1 unspecified atom stereocenters. The Hall–Kier alpha value is -2.98. The first-order valence-electron chi connectivity index (χ1n) is 11.7. The van der Waals surface area contributed by atoms with E-state index in [2.05, 4.69) is 15.3 Å². The highest BCUT2D eigenvalue weighted by molar-refractivity contribution is 6.31. The van der Waals surface area contributed by atoms with E-state index in [4.69, 9.17) is 32.5 Å². The van der Waals surface area contributed by atoms with Crippen molar-refractivity contribution in [2.24, 2.45) is 11.5 Å². The third-order valence-electron chi connectivity index (χ3n) is 6.09. The Balaban J connectivity index is 1.49. The smallest absolute Gasteiger partial charge is 0.270 e. The number of nitrogens with two attached hydrogens (primary N) is 2. The molecule has 9 nitrogen and oxygen atoms in total. The molecule has 1 aliphatic rings. The molecule has 3 aromatic rings. The topological polar surface area (TPSA) is 145 Å². The number of primary amides is 1. The van der Waals surface area contributed by atoms with Crippen molar-refractivity contribution in [1.29, 1.82) is 0 Å². The summed E-state index contributed by atoms with van der Waals surface area (Å²) in [7, 11) is 0. The Bertz CT molecular complexity index is 1210. The van der Waals surface area contributed by atoms with Crippen molar-refractivity contribution < 1.29 is 19.1 Å². The number of hydrogen-bond donors (Lipinski definition) is 4. The van der Waals surface area contributed by atoms with Crippen LogP contribution in [0.2, 0.25) is 5.02 Å². The summed E-state index contributed by atoms with van der Waals surface area (Å²) in [6.07, 6.45) is 4.40. The van der Waals surface area contributed by atoms with Crippen molar-refractivity contribution in [3.63, 3.8) is 0 Å². The van der Waals surface area contributed by atoms with Crippen molar-refractivity contribution in [3.05, 3.63) is 63.6 Å². The first-order valence-corrected chi connectivity index (χ1v) is 12.1. The quantitative estimate of drug-likeness (QED) is 0.298. The number of nitrogens with one attached hydrogen (secondary N) is 2. The molecule has 186 valence electrons. The fourth-order valence-electron chi connectivity index (χ4n) is 4.43. The molecule has 35 heavy (non-hydrogen) atoms. The van der Waals surface area contributed by atoms with Crippen LogP contribution in [0, 0.1) is 0 Å². The number of pyridine rings is 1. The summed E-state index contributed by atoms with van der Waals surface area (Å²) in [5.74, 6) is -0.910. The molecule has 1 aliphatic carbocycles. The predicted molar refractivity (Wildman–Crippen MR) is 134 cm³/mol. The van der Waals surface area contributed by atoms with Gasteiger partial charge in [0.2, 0.25) is 5.91 Å². The van der Waals surface area contributed by atoms with Gasteiger partial charge in [0.1, 0.15) is 5.69 Å². The molecule has 0 fully saturated rings. The highest BCUT2D eigenvalue weighted by Crippen LogP contribution is 2.36. The zero-order valence-corrected chi connectivity index (χ0v) is 20.2. The van der Waals surface area contributed by atoms with E-state index in [9.17, 15) is 9.59 Å². The van der Waals surface area contributed by atoms with Gasteiger partial charge in [0.05, 0.1) is 38.0 Å². The van der Waals surface area contributed by atoms with E-state index in [1.54, 1.807) is 6.07 Å². The minimum Gasteiger partial charge on any atom is -0.379 e. The summed E-state index contributed by atoms with van der Waals surface area (Å²) in [6.45, 7) is 2.11. The second-order valence-electron chi connectivity index (χ2n) is 8.48. The summed E-state index contributed by atoms with van der Waals surface area (Å²) in [5, 5.41) is 4.90. The molecule has 0 saturated carbocycles. The number of carbonyl (C=O) groups is 2. The van der Waals surface area contributed by atoms with Crippen LogP contribution in [0.15, 0.2) is 30.5 Å². The molecule has 2 aromatic heterocycles. The number of ether oxygens (including phenoxy) is 2. The van der Waals surface area contributed by atoms with Crippen molar-refractivity contribution in [2.45, 2.75) is 31.7 Å². The largest absolute Gasteiger partial charge is 0.379 e. The van der Waals surface area contributed by atoms with Crippen LogP contribution >= 0.6 is 11.6 Å². The molecule has 0 saturated heterocycles. The molecule has 0 radical (unpaired) electrons. The monoisotopic (exact) mass is 499 g/mol. The van der Waals surface area contributed by atoms with Crippen molar-refractivity contribution in [3.8, 4) is 0 Å². The van der Waals surface area contributed by atoms with Crippen LogP contribution in [0.25, 0.3) is 10.9 Å². The van der Waals surface area contributed by atoms with Gasteiger partial charge in [0.15, 0.2) is 0 Å². The number of fused-ring (bicyclic) bond motifs is 3. The average Bonchev–Trinajstić information content (AvgIpc) is 3.22. The minimum absolute atomic E-state index is 0.182. The molecule has 1 aromatic carbocycles. The molecular formula is C25H30ClN5O4. The molecule has 2 heterocycles. The number of benzene rings is 1. The summed E-state index contributed by atoms with van der Waals surface area (Å²) >= 11 is 6.21. The van der Waals surface area contributed by atoms with E-state index in [0.29, 0.717) is 50.0 Å². The molecule has 6 N–H and O–H groups in total. The highest BCUT2D eigenvalue weighted by Gasteiger charge is 2.27. The summed E-state index contributed by atoms with van der Waals surface area (Å²) < 4.78 is 10.9. The lowest BCUT2D eigenvalue weighted by Crippen LogP contribution is -2.32. The number of amides is 2. The van der Waals surface area contributed by atoms with Crippen LogP contribution in [0.3, 0.4) is 0 Å². The Labute approximate surface area is 208 Å². The Morgan fingerprint density at radius 1 is 1.17 bits per heavy atom. The van der Waals surface area contributed by atoms with Crippen LogP contribution in [0.1, 0.15) is 56.6 Å². The van der Waals surface area contributed by atoms with E-state index in [1.165, 1.54) is 11.8 Å². The van der Waals surface area contributed by atoms with Gasteiger partial charge in [0, 0.05) is 34.4 Å². The second kappa shape index (κ2) is 11.6. The number of H-pyrrole nitrogens is 1. The first-order chi connectivity index (χ1) is 17.0. The normalized spacial score (nSPS) is 15.2. The standard InChI is InChI=1S/C25H30ClN5O4/c26-17-4-5-20-19(13-17)18-2-1-3-21(23(18)30-20)31-25(33)22-15(12-16(14-29-22)24(28)32)6-8-34-10-11-35-9-7-27/h4-5,12-14,21,30H,1-3,6-11,27H2,(H2,28,32)(H,31,33). The highest BCUT2D eigenvalue weighted by atomic mass is 35.5. The van der Waals surface area contributed by atoms with E-state index in [-0.39, 0.29) is 23.2 Å². The lowest BCUT2D eigenvalue weighted by Gasteiger charge is -2.24. The molecule has 1 atom stereocenters. The fraction of sp³-hybridized carbons (Fsp3) is 0.400. The van der Waals surface area contributed by atoms with Gasteiger partial charge in [-0.15, -0.1) is 0 Å². The minimum atomic E-state index is -0.601. The number of hydrogen-bond acceptors (Lipinski definition) is 6. The van der Waals surface area contributed by atoms with Crippen molar-refractivity contribution >= 4 is 34.3 Å². The van der Waals surface area contributed by atoms with Crippen LogP contribution in [0.4, 0.5) is 0 Å². The number of carbonyl (C=O) groups excluding carboxylic acids is 2. The predicted octanol–water partition coefficient (Wildman–Crippen LogP) is 2.66. The molecule has 4 rings (SSSR count). The molecular weight excluding hydrogens is 470 g/mol. The number of aromatic nitrogens is 2. The van der Waals surface area contributed by atoms with E-state index in [1.807, 2.05) is 18.2 Å². The summed E-state index contributed by atoms with van der Waals surface area (Å²) in [6, 6.07) is 7.19. The Morgan fingerprint density at radius 2 is 1.97 bits per heavy atom. The van der Waals surface area contributed by atoms with Crippen molar-refractivity contribution in [2.75, 3.05) is 33.0 Å². The second-order valence-corrected chi connectivity index (χ2v) is 8.92. The lowest BCUT2D eigenvalue weighted by atomic mass is 9.91. The molecule has 0 bridgehead atoms. The maximum Gasteiger partial charge on any atom is 0.270 e. The Morgan fingerprint density at radius 3 is 2.74 bits per heavy atom. The number of nitrogens with zero attached hydrogens (tertiary/aromatic N) is 1. The molecule has 0 spiro atoms. The van der Waals surface area contributed by atoms with Gasteiger partial charge in [-0.1, -0.05) is 11.6 Å². The Kier molecular flexibility index (Phi) is 8.35. The zero-order valence-electron chi connectivity index (χ0n) is 19.4. The first kappa shape index (κ1) is 25.1. The average molecular weight is 500 g/mol. The van der Waals surface area contributed by atoms with Gasteiger partial charge in [-0.3, -0.25) is 9.59 Å². The van der Waals surface area contributed by atoms with Crippen LogP contribution in [0.5, 0.6) is 0 Å². The lowest BCUT2D eigenvalue weighted by molar-refractivity contribution is 0.0518. The number of halogens is 1. The SMILES string of the molecule is NCCOCCOCCc1cc(C(N)=O)cnc1C(=O)NC1CCCc2c1[nH]c1ccc(Cl)cc21. The summed E-state index contributed by atoms with van der Waals surface area (Å²) in [4.78, 5) is 32.7. The van der Waals surface area contributed by atoms with Gasteiger partial charge in [-0.25, -0.2) is 4.98 Å². The maximum absolute atomic E-state index is 13.3. The van der Waals surface area contributed by atoms with E-state index in [0.717, 1.165) is 35.9 Å². The number of aryl methyl sites for hydroxylation is 1. The van der Waals surface area contributed by atoms with E-state index >= 15 is 0 Å². The third kappa shape index (κ3) is 5.99. The molecule has 10 heteroatoms. The van der Waals surface area contributed by atoms with Gasteiger partial charge in [0.25, 0.3) is 5.91 Å².